The lowest BCUT2D eigenvalue weighted by Gasteiger charge is -2.38. The number of amides is 1. The molecule has 3 aromatic carbocycles. The van der Waals surface area contributed by atoms with Gasteiger partial charge in [0, 0.05) is 30.3 Å². The highest BCUT2D eigenvalue weighted by Crippen LogP contribution is 2.48. The second kappa shape index (κ2) is 13.3. The van der Waals surface area contributed by atoms with Gasteiger partial charge in [-0.2, -0.15) is 0 Å². The molecule has 0 fully saturated rings. The van der Waals surface area contributed by atoms with Crippen LogP contribution in [0.2, 0.25) is 0 Å². The van der Waals surface area contributed by atoms with Crippen molar-refractivity contribution < 1.29 is 33.2 Å². The Morgan fingerprint density at radius 1 is 0.800 bits per heavy atom. The summed E-state index contributed by atoms with van der Waals surface area (Å²) in [4.78, 5) is 15.4. The molecule has 0 spiro atoms. The Bertz CT molecular complexity index is 1330. The quantitative estimate of drug-likeness (QED) is 0.359. The van der Waals surface area contributed by atoms with Crippen molar-refractivity contribution in [2.75, 3.05) is 55.7 Å². The molecule has 1 aliphatic heterocycles. The lowest BCUT2D eigenvalue weighted by atomic mass is 9.87. The summed E-state index contributed by atoms with van der Waals surface area (Å²) < 4.78 is 33.7. The van der Waals surface area contributed by atoms with Crippen molar-refractivity contribution in [3.8, 4) is 34.5 Å². The first kappa shape index (κ1) is 28.9. The van der Waals surface area contributed by atoms with E-state index < -0.39 is 0 Å². The molecule has 1 aliphatic rings. The molecule has 0 bridgehead atoms. The SMILES string of the molecule is COc1ccccc1CNC(=O)CN1CCc2cc(OC)c(OC)c(OC)c2C1Cc1ccc(OC)c(OC)c1. The van der Waals surface area contributed by atoms with Crippen LogP contribution < -0.4 is 33.7 Å². The van der Waals surface area contributed by atoms with E-state index in [2.05, 4.69) is 10.2 Å². The number of nitrogens with one attached hydrogen (secondary N) is 1. The Morgan fingerprint density at radius 3 is 2.17 bits per heavy atom. The number of methoxy groups -OCH3 is 6. The first-order chi connectivity index (χ1) is 19.5. The second-order valence-electron chi connectivity index (χ2n) is 9.44. The van der Waals surface area contributed by atoms with Crippen LogP contribution in [-0.4, -0.2) is 66.6 Å². The Morgan fingerprint density at radius 2 is 1.50 bits per heavy atom. The topological polar surface area (TPSA) is 87.7 Å². The second-order valence-corrected chi connectivity index (χ2v) is 9.44. The van der Waals surface area contributed by atoms with Gasteiger partial charge in [0.2, 0.25) is 11.7 Å². The molecular formula is C31H38N2O7. The highest BCUT2D eigenvalue weighted by molar-refractivity contribution is 5.78. The minimum Gasteiger partial charge on any atom is -0.496 e. The smallest absolute Gasteiger partial charge is 0.234 e. The van der Waals surface area contributed by atoms with E-state index in [0.717, 1.165) is 34.4 Å². The number of nitrogens with zero attached hydrogens (tertiary/aromatic N) is 1. The normalized spacial score (nSPS) is 14.6. The molecule has 4 rings (SSSR count). The third kappa shape index (κ3) is 6.04. The maximum absolute atomic E-state index is 13.3. The lowest BCUT2D eigenvalue weighted by molar-refractivity contribution is -0.123. The van der Waals surface area contributed by atoms with Crippen molar-refractivity contribution in [2.24, 2.45) is 0 Å². The molecule has 0 saturated carbocycles. The van der Waals surface area contributed by atoms with E-state index >= 15 is 0 Å². The van der Waals surface area contributed by atoms with Gasteiger partial charge in [-0.15, -0.1) is 0 Å². The Hall–Kier alpha value is -4.11. The molecular weight excluding hydrogens is 512 g/mol. The van der Waals surface area contributed by atoms with Crippen molar-refractivity contribution >= 4 is 5.91 Å². The molecule has 1 amide bonds. The van der Waals surface area contributed by atoms with Crippen LogP contribution in [0.1, 0.15) is 28.3 Å². The summed E-state index contributed by atoms with van der Waals surface area (Å²) >= 11 is 0. The van der Waals surface area contributed by atoms with Crippen molar-refractivity contribution in [1.82, 2.24) is 10.2 Å². The zero-order valence-corrected chi connectivity index (χ0v) is 24.0. The van der Waals surface area contributed by atoms with E-state index in [1.54, 1.807) is 42.7 Å². The number of rotatable bonds is 12. The monoisotopic (exact) mass is 550 g/mol. The molecule has 1 heterocycles. The van der Waals surface area contributed by atoms with Crippen molar-refractivity contribution in [2.45, 2.75) is 25.4 Å². The Balaban J connectivity index is 1.67. The van der Waals surface area contributed by atoms with Gasteiger partial charge in [-0.05, 0) is 48.2 Å². The molecule has 9 nitrogen and oxygen atoms in total. The van der Waals surface area contributed by atoms with E-state index in [1.165, 1.54) is 0 Å². The van der Waals surface area contributed by atoms with Gasteiger partial charge in [-0.1, -0.05) is 24.3 Å². The summed E-state index contributed by atoms with van der Waals surface area (Å²) in [5.74, 6) is 3.73. The van der Waals surface area contributed by atoms with Crippen LogP contribution in [0.3, 0.4) is 0 Å². The summed E-state index contributed by atoms with van der Waals surface area (Å²) in [5.41, 5.74) is 4.04. The first-order valence-corrected chi connectivity index (χ1v) is 13.1. The predicted octanol–water partition coefficient (Wildman–Crippen LogP) is 4.20. The third-order valence-corrected chi connectivity index (χ3v) is 7.29. The summed E-state index contributed by atoms with van der Waals surface area (Å²) in [6, 6.07) is 15.4. The van der Waals surface area contributed by atoms with Crippen LogP contribution in [0.5, 0.6) is 34.5 Å². The maximum Gasteiger partial charge on any atom is 0.234 e. The van der Waals surface area contributed by atoms with Gasteiger partial charge < -0.3 is 33.7 Å². The predicted molar refractivity (Wildman–Crippen MR) is 152 cm³/mol. The van der Waals surface area contributed by atoms with Crippen molar-refractivity contribution in [1.29, 1.82) is 0 Å². The zero-order valence-electron chi connectivity index (χ0n) is 24.0. The summed E-state index contributed by atoms with van der Waals surface area (Å²) in [6.07, 6.45) is 1.34. The molecule has 1 unspecified atom stereocenters. The van der Waals surface area contributed by atoms with Gasteiger partial charge in [0.1, 0.15) is 5.75 Å². The van der Waals surface area contributed by atoms with Crippen LogP contribution in [0.4, 0.5) is 0 Å². The lowest BCUT2D eigenvalue weighted by Crippen LogP contribution is -2.43. The third-order valence-electron chi connectivity index (χ3n) is 7.29. The van der Waals surface area contributed by atoms with E-state index in [0.29, 0.717) is 48.3 Å². The number of fused-ring (bicyclic) bond motifs is 1. The molecule has 0 aliphatic carbocycles. The molecule has 1 atom stereocenters. The Labute approximate surface area is 235 Å². The molecule has 3 aromatic rings. The van der Waals surface area contributed by atoms with Gasteiger partial charge >= 0.3 is 0 Å². The van der Waals surface area contributed by atoms with Crippen LogP contribution in [0.15, 0.2) is 48.5 Å². The fraction of sp³-hybridized carbons (Fsp3) is 0.387. The van der Waals surface area contributed by atoms with Crippen LogP contribution in [0, 0.1) is 0 Å². The van der Waals surface area contributed by atoms with Gasteiger partial charge in [0.05, 0.1) is 49.2 Å². The average molecular weight is 551 g/mol. The number of benzene rings is 3. The number of para-hydroxylation sites is 1. The largest absolute Gasteiger partial charge is 0.496 e. The fourth-order valence-electron chi connectivity index (χ4n) is 5.34. The summed E-state index contributed by atoms with van der Waals surface area (Å²) in [5, 5.41) is 3.06. The highest BCUT2D eigenvalue weighted by atomic mass is 16.5. The average Bonchev–Trinajstić information content (AvgIpc) is 2.99. The number of hydrogen-bond acceptors (Lipinski definition) is 8. The van der Waals surface area contributed by atoms with E-state index in [1.807, 2.05) is 48.5 Å². The van der Waals surface area contributed by atoms with Gasteiger partial charge in [-0.3, -0.25) is 9.69 Å². The minimum atomic E-state index is -0.173. The van der Waals surface area contributed by atoms with E-state index in [9.17, 15) is 4.79 Å². The van der Waals surface area contributed by atoms with Gasteiger partial charge in [0.25, 0.3) is 0 Å². The number of carbonyl (C=O) groups excluding carboxylic acids is 1. The highest BCUT2D eigenvalue weighted by Gasteiger charge is 2.35. The van der Waals surface area contributed by atoms with Gasteiger partial charge in [0.15, 0.2) is 23.0 Å². The molecule has 40 heavy (non-hydrogen) atoms. The summed E-state index contributed by atoms with van der Waals surface area (Å²) in [7, 11) is 9.71. The molecule has 0 aromatic heterocycles. The fourth-order valence-corrected chi connectivity index (χ4v) is 5.34. The molecule has 0 radical (unpaired) electrons. The molecule has 1 N–H and O–H groups in total. The standard InChI is InChI=1S/C31H38N2O7/c1-35-24-10-8-7-9-22(24)18-32-28(34)19-33-14-13-21-17-27(38-4)30(39-5)31(40-6)29(21)23(33)15-20-11-12-25(36-2)26(16-20)37-3/h7-12,16-17,23H,13-15,18-19H2,1-6H3,(H,32,34). The first-order valence-electron chi connectivity index (χ1n) is 13.1. The molecule has 214 valence electrons. The van der Waals surface area contributed by atoms with Crippen LogP contribution in [0.25, 0.3) is 0 Å². The maximum atomic E-state index is 13.3. The number of hydrogen-bond donors (Lipinski definition) is 1. The number of ether oxygens (including phenoxy) is 6. The van der Waals surface area contributed by atoms with Crippen molar-refractivity contribution in [3.63, 3.8) is 0 Å². The summed E-state index contributed by atoms with van der Waals surface area (Å²) in [6.45, 7) is 1.28. The van der Waals surface area contributed by atoms with E-state index in [-0.39, 0.29) is 18.5 Å². The minimum absolute atomic E-state index is 0.0777. The molecule has 9 heteroatoms. The molecule has 0 saturated heterocycles. The zero-order chi connectivity index (χ0) is 28.6. The van der Waals surface area contributed by atoms with Crippen LogP contribution >= 0.6 is 0 Å². The van der Waals surface area contributed by atoms with E-state index in [4.69, 9.17) is 28.4 Å². The van der Waals surface area contributed by atoms with Gasteiger partial charge in [-0.25, -0.2) is 0 Å². The van der Waals surface area contributed by atoms with Crippen LogP contribution in [-0.2, 0) is 24.2 Å². The Kier molecular flexibility index (Phi) is 9.60. The van der Waals surface area contributed by atoms with Crippen molar-refractivity contribution in [3.05, 3.63) is 70.8 Å². The number of carbonyl (C=O) groups is 1.